The molecule has 1 amide bonds. The lowest BCUT2D eigenvalue weighted by atomic mass is 10.0. The van der Waals surface area contributed by atoms with Gasteiger partial charge in [-0.25, -0.2) is 9.00 Å². The van der Waals surface area contributed by atoms with Gasteiger partial charge in [0.05, 0.1) is 11.3 Å². The molecule has 0 aromatic carbocycles. The molecular weight excluding hydrogens is 242 g/mol. The lowest BCUT2D eigenvalue weighted by Crippen LogP contribution is -2.51. The molecule has 0 aliphatic heterocycles. The molecule has 100 valence electrons. The van der Waals surface area contributed by atoms with Gasteiger partial charge in [-0.05, 0) is 33.6 Å². The molecule has 2 N–H and O–H groups in total. The molecule has 0 heterocycles. The monoisotopic (exact) mass is 263 g/mol. The van der Waals surface area contributed by atoms with Gasteiger partial charge in [0, 0.05) is 0 Å². The van der Waals surface area contributed by atoms with E-state index >= 15 is 0 Å². The Kier molecular flexibility index (Phi) is 4.55. The van der Waals surface area contributed by atoms with Crippen molar-refractivity contribution in [1.29, 1.82) is 0 Å². The van der Waals surface area contributed by atoms with Crippen LogP contribution in [-0.4, -0.2) is 31.7 Å². The highest BCUT2D eigenvalue weighted by molar-refractivity contribution is 7.79. The van der Waals surface area contributed by atoms with Gasteiger partial charge in [0.1, 0.15) is 5.60 Å². The molecule has 1 aliphatic carbocycles. The molecule has 0 saturated heterocycles. The smallest absolute Gasteiger partial charge is 0.408 e. The van der Waals surface area contributed by atoms with Gasteiger partial charge < -0.3 is 14.6 Å². The molecule has 6 heteroatoms. The van der Waals surface area contributed by atoms with E-state index in [4.69, 9.17) is 9.29 Å². The van der Waals surface area contributed by atoms with Crippen LogP contribution in [-0.2, 0) is 15.8 Å². The van der Waals surface area contributed by atoms with Crippen LogP contribution in [0.15, 0.2) is 0 Å². The van der Waals surface area contributed by atoms with Crippen LogP contribution in [0, 0.1) is 0 Å². The quantitative estimate of drug-likeness (QED) is 0.764. The number of ether oxygens (including phenoxy) is 1. The van der Waals surface area contributed by atoms with Crippen LogP contribution in [0.5, 0.6) is 0 Å². The fourth-order valence-corrected chi connectivity index (χ4v) is 2.95. The normalized spacial score (nSPS) is 20.9. The molecule has 0 bridgehead atoms. The van der Waals surface area contributed by atoms with Crippen LogP contribution in [0.4, 0.5) is 4.79 Å². The molecule has 1 rings (SSSR count). The van der Waals surface area contributed by atoms with Crippen LogP contribution in [0.25, 0.3) is 0 Å². The zero-order valence-electron chi connectivity index (χ0n) is 10.6. The summed E-state index contributed by atoms with van der Waals surface area (Å²) in [6.07, 6.45) is 2.89. The Morgan fingerprint density at radius 1 is 1.41 bits per heavy atom. The predicted molar refractivity (Wildman–Crippen MR) is 66.2 cm³/mol. The summed E-state index contributed by atoms with van der Waals surface area (Å²) in [5.74, 6) is 0.0756. The van der Waals surface area contributed by atoms with Gasteiger partial charge in [0.15, 0.2) is 11.1 Å². The minimum Gasteiger partial charge on any atom is -0.444 e. The van der Waals surface area contributed by atoms with E-state index in [0.29, 0.717) is 0 Å². The zero-order valence-corrected chi connectivity index (χ0v) is 11.4. The summed E-state index contributed by atoms with van der Waals surface area (Å²) in [4.78, 5) is 11.7. The van der Waals surface area contributed by atoms with Crippen LogP contribution < -0.4 is 5.32 Å². The largest absolute Gasteiger partial charge is 0.444 e. The summed E-state index contributed by atoms with van der Waals surface area (Å²) in [5, 5.41) is 2.77. The highest BCUT2D eigenvalue weighted by atomic mass is 32.2. The molecule has 5 nitrogen and oxygen atoms in total. The average Bonchev–Trinajstić information content (AvgIpc) is 2.47. The van der Waals surface area contributed by atoms with Crippen molar-refractivity contribution < 1.29 is 18.3 Å². The molecule has 1 aliphatic rings. The third-order valence-electron chi connectivity index (χ3n) is 2.73. The van der Waals surface area contributed by atoms with Gasteiger partial charge in [-0.3, -0.25) is 0 Å². The number of hydrogen-bond acceptors (Lipinski definition) is 3. The molecule has 1 saturated carbocycles. The van der Waals surface area contributed by atoms with Crippen molar-refractivity contribution in [2.75, 3.05) is 5.75 Å². The van der Waals surface area contributed by atoms with Crippen molar-refractivity contribution in [1.82, 2.24) is 5.32 Å². The summed E-state index contributed by atoms with van der Waals surface area (Å²) in [5.41, 5.74) is -1.12. The van der Waals surface area contributed by atoms with Crippen molar-refractivity contribution in [2.24, 2.45) is 0 Å². The number of rotatable bonds is 3. The van der Waals surface area contributed by atoms with Gasteiger partial charge >= 0.3 is 6.09 Å². The first kappa shape index (κ1) is 14.4. The number of hydrogen-bond donors (Lipinski definition) is 2. The third-order valence-corrected chi connectivity index (χ3v) is 3.53. The van der Waals surface area contributed by atoms with Gasteiger partial charge in [-0.2, -0.15) is 0 Å². The zero-order chi connectivity index (χ0) is 13.1. The van der Waals surface area contributed by atoms with Crippen LogP contribution in [0.3, 0.4) is 0 Å². The van der Waals surface area contributed by atoms with Crippen LogP contribution >= 0.6 is 0 Å². The SMILES string of the molecule is CC(C)(C)OC(=O)NC1(CS(=O)O)CCCC1. The topological polar surface area (TPSA) is 75.6 Å². The van der Waals surface area contributed by atoms with Crippen molar-refractivity contribution in [3.63, 3.8) is 0 Å². The third kappa shape index (κ3) is 5.04. The van der Waals surface area contributed by atoms with E-state index in [1.54, 1.807) is 20.8 Å². The molecule has 17 heavy (non-hydrogen) atoms. The standard InChI is InChI=1S/C11H21NO4S/c1-10(2,3)16-9(13)12-11(8-17(14)15)6-4-5-7-11/h4-8H2,1-3H3,(H,12,13)(H,14,15). The van der Waals surface area contributed by atoms with Crippen molar-refractivity contribution >= 4 is 17.2 Å². The van der Waals surface area contributed by atoms with E-state index in [9.17, 15) is 9.00 Å². The highest BCUT2D eigenvalue weighted by Gasteiger charge is 2.38. The lowest BCUT2D eigenvalue weighted by molar-refractivity contribution is 0.0468. The van der Waals surface area contributed by atoms with E-state index in [2.05, 4.69) is 5.32 Å². The highest BCUT2D eigenvalue weighted by Crippen LogP contribution is 2.30. The Morgan fingerprint density at radius 2 is 1.94 bits per heavy atom. The second-order valence-electron chi connectivity index (χ2n) is 5.58. The van der Waals surface area contributed by atoms with Gasteiger partial charge in [0.2, 0.25) is 0 Å². The van der Waals surface area contributed by atoms with Gasteiger partial charge in [-0.1, -0.05) is 12.8 Å². The first-order valence-corrected chi connectivity index (χ1v) is 7.09. The molecule has 1 atom stereocenters. The van der Waals surface area contributed by atoms with E-state index in [0.717, 1.165) is 25.7 Å². The predicted octanol–water partition coefficient (Wildman–Crippen LogP) is 2.05. The summed E-state index contributed by atoms with van der Waals surface area (Å²) in [6, 6.07) is 0. The maximum absolute atomic E-state index is 11.7. The first-order valence-electron chi connectivity index (χ1n) is 5.81. The molecular formula is C11H21NO4S. The summed E-state index contributed by atoms with van der Waals surface area (Å²) in [7, 11) is 0. The van der Waals surface area contributed by atoms with E-state index in [1.807, 2.05) is 0 Å². The second kappa shape index (κ2) is 5.35. The Balaban J connectivity index is 2.61. The number of carbonyl (C=O) groups excluding carboxylic acids is 1. The fraction of sp³-hybridized carbons (Fsp3) is 0.909. The summed E-state index contributed by atoms with van der Waals surface area (Å²) < 4.78 is 25.1. The van der Waals surface area contributed by atoms with Crippen molar-refractivity contribution in [2.45, 2.75) is 57.6 Å². The molecule has 0 aromatic heterocycles. The van der Waals surface area contributed by atoms with Crippen molar-refractivity contribution in [3.05, 3.63) is 0 Å². The van der Waals surface area contributed by atoms with E-state index in [-0.39, 0.29) is 5.75 Å². The molecule has 0 aromatic rings. The van der Waals surface area contributed by atoms with Gasteiger partial charge in [0.25, 0.3) is 0 Å². The minimum atomic E-state index is -1.90. The number of carbonyl (C=O) groups is 1. The van der Waals surface area contributed by atoms with E-state index < -0.39 is 28.3 Å². The Hall–Kier alpha value is -0.620. The molecule has 0 radical (unpaired) electrons. The minimum absolute atomic E-state index is 0.0756. The number of nitrogens with one attached hydrogen (secondary N) is 1. The maximum Gasteiger partial charge on any atom is 0.408 e. The second-order valence-corrected chi connectivity index (χ2v) is 6.51. The summed E-state index contributed by atoms with van der Waals surface area (Å²) >= 11 is -1.90. The number of amides is 1. The fourth-order valence-electron chi connectivity index (χ4n) is 2.11. The van der Waals surface area contributed by atoms with E-state index in [1.165, 1.54) is 0 Å². The first-order chi connectivity index (χ1) is 7.72. The Bertz CT molecular complexity index is 305. The Morgan fingerprint density at radius 3 is 2.35 bits per heavy atom. The Labute approximate surface area is 105 Å². The average molecular weight is 263 g/mol. The molecule has 1 unspecified atom stereocenters. The van der Waals surface area contributed by atoms with Gasteiger partial charge in [-0.15, -0.1) is 0 Å². The maximum atomic E-state index is 11.7. The summed E-state index contributed by atoms with van der Waals surface area (Å²) in [6.45, 7) is 5.37. The van der Waals surface area contributed by atoms with Crippen LogP contribution in [0.2, 0.25) is 0 Å². The van der Waals surface area contributed by atoms with Crippen molar-refractivity contribution in [3.8, 4) is 0 Å². The molecule has 1 fully saturated rings. The lowest BCUT2D eigenvalue weighted by Gasteiger charge is -2.30. The van der Waals surface area contributed by atoms with Crippen LogP contribution in [0.1, 0.15) is 46.5 Å². The molecule has 0 spiro atoms. The number of alkyl carbamates (subject to hydrolysis) is 1.